The van der Waals surface area contributed by atoms with Crippen LogP contribution in [0, 0.1) is 6.92 Å². The third kappa shape index (κ3) is 5.71. The number of rotatable bonds is 8. The van der Waals surface area contributed by atoms with Crippen LogP contribution in [0.1, 0.15) is 21.5 Å². The number of nitrogens with one attached hydrogen (secondary N) is 1. The SMILES string of the molecule is COc1cc(C(=O)Nc2ccc(Oc3ccccc3C)cc2)ccc1OCc1ccccc1. The maximum absolute atomic E-state index is 12.8. The van der Waals surface area contributed by atoms with E-state index in [9.17, 15) is 4.79 Å². The second-order valence-corrected chi connectivity index (χ2v) is 7.49. The maximum Gasteiger partial charge on any atom is 0.255 e. The topological polar surface area (TPSA) is 56.8 Å². The molecule has 0 saturated carbocycles. The van der Waals surface area contributed by atoms with Gasteiger partial charge in [-0.05, 0) is 66.6 Å². The molecule has 4 rings (SSSR count). The molecule has 0 atom stereocenters. The molecule has 0 radical (unpaired) electrons. The van der Waals surface area contributed by atoms with E-state index in [0.29, 0.717) is 35.1 Å². The average Bonchev–Trinajstić information content (AvgIpc) is 2.86. The maximum atomic E-state index is 12.8. The molecule has 0 spiro atoms. The van der Waals surface area contributed by atoms with Crippen molar-refractivity contribution in [2.45, 2.75) is 13.5 Å². The van der Waals surface area contributed by atoms with Gasteiger partial charge in [0.25, 0.3) is 5.91 Å². The summed E-state index contributed by atoms with van der Waals surface area (Å²) >= 11 is 0. The van der Waals surface area contributed by atoms with Crippen LogP contribution in [-0.2, 0) is 6.61 Å². The van der Waals surface area contributed by atoms with Crippen LogP contribution in [0.4, 0.5) is 5.69 Å². The van der Waals surface area contributed by atoms with E-state index in [2.05, 4.69) is 5.32 Å². The molecule has 0 aromatic heterocycles. The highest BCUT2D eigenvalue weighted by atomic mass is 16.5. The Morgan fingerprint density at radius 3 is 2.24 bits per heavy atom. The van der Waals surface area contributed by atoms with Gasteiger partial charge in [0.05, 0.1) is 7.11 Å². The lowest BCUT2D eigenvalue weighted by molar-refractivity contribution is 0.102. The van der Waals surface area contributed by atoms with Gasteiger partial charge in [-0.3, -0.25) is 4.79 Å². The lowest BCUT2D eigenvalue weighted by Gasteiger charge is -2.13. The zero-order valence-electron chi connectivity index (χ0n) is 18.6. The van der Waals surface area contributed by atoms with Crippen LogP contribution in [0.5, 0.6) is 23.0 Å². The highest BCUT2D eigenvalue weighted by molar-refractivity contribution is 6.04. The van der Waals surface area contributed by atoms with Crippen molar-refractivity contribution in [1.29, 1.82) is 0 Å². The van der Waals surface area contributed by atoms with E-state index in [-0.39, 0.29) is 5.91 Å². The Morgan fingerprint density at radius 2 is 1.52 bits per heavy atom. The number of carbonyl (C=O) groups is 1. The number of aryl methyl sites for hydroxylation is 1. The van der Waals surface area contributed by atoms with Crippen LogP contribution in [-0.4, -0.2) is 13.0 Å². The first-order valence-electron chi connectivity index (χ1n) is 10.6. The predicted octanol–water partition coefficient (Wildman–Crippen LogP) is 6.63. The third-order valence-corrected chi connectivity index (χ3v) is 5.10. The molecule has 0 aliphatic heterocycles. The monoisotopic (exact) mass is 439 g/mol. The fourth-order valence-corrected chi connectivity index (χ4v) is 3.27. The van der Waals surface area contributed by atoms with Crippen molar-refractivity contribution < 1.29 is 19.0 Å². The first-order valence-corrected chi connectivity index (χ1v) is 10.6. The van der Waals surface area contributed by atoms with Gasteiger partial charge in [-0.2, -0.15) is 0 Å². The van der Waals surface area contributed by atoms with Gasteiger partial charge < -0.3 is 19.5 Å². The molecule has 0 aliphatic rings. The first kappa shape index (κ1) is 22.0. The Bertz CT molecular complexity index is 1220. The summed E-state index contributed by atoms with van der Waals surface area (Å²) in [6, 6.07) is 30.1. The van der Waals surface area contributed by atoms with E-state index in [4.69, 9.17) is 14.2 Å². The van der Waals surface area contributed by atoms with E-state index in [1.807, 2.05) is 73.7 Å². The van der Waals surface area contributed by atoms with Crippen molar-refractivity contribution in [3.05, 3.63) is 114 Å². The molecule has 5 heteroatoms. The van der Waals surface area contributed by atoms with Gasteiger partial charge >= 0.3 is 0 Å². The summed E-state index contributed by atoms with van der Waals surface area (Å²) in [5, 5.41) is 2.90. The van der Waals surface area contributed by atoms with Gasteiger partial charge in [-0.15, -0.1) is 0 Å². The lowest BCUT2D eigenvalue weighted by atomic mass is 10.1. The number of hydrogen-bond donors (Lipinski definition) is 1. The van der Waals surface area contributed by atoms with Gasteiger partial charge in [0.1, 0.15) is 18.1 Å². The normalized spacial score (nSPS) is 10.4. The standard InChI is InChI=1S/C28H25NO4/c1-20-8-6-7-11-25(20)33-24-15-13-23(14-16-24)29-28(30)22-12-17-26(27(18-22)31-2)32-19-21-9-4-3-5-10-21/h3-18H,19H2,1-2H3,(H,29,30). The van der Waals surface area contributed by atoms with Crippen LogP contribution < -0.4 is 19.5 Å². The molecule has 4 aromatic rings. The zero-order valence-corrected chi connectivity index (χ0v) is 18.6. The Kier molecular flexibility index (Phi) is 6.90. The lowest BCUT2D eigenvalue weighted by Crippen LogP contribution is -2.12. The summed E-state index contributed by atoms with van der Waals surface area (Å²) in [5.74, 6) is 2.34. The zero-order chi connectivity index (χ0) is 23.0. The van der Waals surface area contributed by atoms with Crippen LogP contribution in [0.3, 0.4) is 0 Å². The van der Waals surface area contributed by atoms with Gasteiger partial charge in [0, 0.05) is 11.3 Å². The Hall–Kier alpha value is -4.25. The molecule has 0 unspecified atom stereocenters. The van der Waals surface area contributed by atoms with E-state index < -0.39 is 0 Å². The second kappa shape index (κ2) is 10.4. The molecule has 0 heterocycles. The summed E-state index contributed by atoms with van der Waals surface area (Å²) in [6.45, 7) is 2.41. The van der Waals surface area contributed by atoms with Crippen molar-refractivity contribution in [2.75, 3.05) is 12.4 Å². The van der Waals surface area contributed by atoms with Crippen molar-refractivity contribution in [1.82, 2.24) is 0 Å². The molecular formula is C28H25NO4. The molecule has 0 aliphatic carbocycles. The number of hydrogen-bond acceptors (Lipinski definition) is 4. The number of carbonyl (C=O) groups excluding carboxylic acids is 1. The van der Waals surface area contributed by atoms with Crippen molar-refractivity contribution in [3.8, 4) is 23.0 Å². The van der Waals surface area contributed by atoms with Gasteiger partial charge in [0.2, 0.25) is 0 Å². The summed E-state index contributed by atoms with van der Waals surface area (Å²) in [5.41, 5.74) is 3.25. The third-order valence-electron chi connectivity index (χ3n) is 5.10. The molecule has 4 aromatic carbocycles. The summed E-state index contributed by atoms with van der Waals surface area (Å²) < 4.78 is 17.2. The number of amides is 1. The Labute approximate surface area is 193 Å². The van der Waals surface area contributed by atoms with Crippen molar-refractivity contribution >= 4 is 11.6 Å². The molecule has 33 heavy (non-hydrogen) atoms. The highest BCUT2D eigenvalue weighted by Gasteiger charge is 2.12. The first-order chi connectivity index (χ1) is 16.1. The highest BCUT2D eigenvalue weighted by Crippen LogP contribution is 2.30. The number of benzene rings is 4. The van der Waals surface area contributed by atoms with Crippen LogP contribution in [0.25, 0.3) is 0 Å². The smallest absolute Gasteiger partial charge is 0.255 e. The molecule has 5 nitrogen and oxygen atoms in total. The molecule has 166 valence electrons. The Balaban J connectivity index is 1.40. The average molecular weight is 440 g/mol. The molecule has 1 N–H and O–H groups in total. The minimum absolute atomic E-state index is 0.240. The molecular weight excluding hydrogens is 414 g/mol. The van der Waals surface area contributed by atoms with Crippen molar-refractivity contribution in [3.63, 3.8) is 0 Å². The number of anilines is 1. The Morgan fingerprint density at radius 1 is 0.788 bits per heavy atom. The summed E-state index contributed by atoms with van der Waals surface area (Å²) in [7, 11) is 1.56. The quantitative estimate of drug-likeness (QED) is 0.335. The number of para-hydroxylation sites is 1. The molecule has 0 fully saturated rings. The van der Waals surface area contributed by atoms with E-state index in [1.165, 1.54) is 0 Å². The van der Waals surface area contributed by atoms with Gasteiger partial charge in [-0.25, -0.2) is 0 Å². The molecule has 1 amide bonds. The molecule has 0 bridgehead atoms. The molecule has 0 saturated heterocycles. The minimum Gasteiger partial charge on any atom is -0.493 e. The van der Waals surface area contributed by atoms with E-state index in [0.717, 1.165) is 16.9 Å². The fourth-order valence-electron chi connectivity index (χ4n) is 3.27. The predicted molar refractivity (Wildman–Crippen MR) is 129 cm³/mol. The summed E-state index contributed by atoms with van der Waals surface area (Å²) in [4.78, 5) is 12.8. The van der Waals surface area contributed by atoms with E-state index >= 15 is 0 Å². The van der Waals surface area contributed by atoms with E-state index in [1.54, 1.807) is 37.4 Å². The van der Waals surface area contributed by atoms with Crippen molar-refractivity contribution in [2.24, 2.45) is 0 Å². The minimum atomic E-state index is -0.240. The van der Waals surface area contributed by atoms with Crippen LogP contribution in [0.2, 0.25) is 0 Å². The largest absolute Gasteiger partial charge is 0.493 e. The summed E-state index contributed by atoms with van der Waals surface area (Å²) in [6.07, 6.45) is 0. The van der Waals surface area contributed by atoms with Gasteiger partial charge in [-0.1, -0.05) is 48.5 Å². The number of ether oxygens (including phenoxy) is 3. The van der Waals surface area contributed by atoms with Gasteiger partial charge in [0.15, 0.2) is 11.5 Å². The van der Waals surface area contributed by atoms with Crippen LogP contribution >= 0.6 is 0 Å². The second-order valence-electron chi connectivity index (χ2n) is 7.49. The van der Waals surface area contributed by atoms with Crippen LogP contribution in [0.15, 0.2) is 97.1 Å². The number of methoxy groups -OCH3 is 1. The fraction of sp³-hybridized carbons (Fsp3) is 0.107.